The van der Waals surface area contributed by atoms with Crippen molar-refractivity contribution in [3.63, 3.8) is 0 Å². The number of carbonyl (C=O) groups excluding carboxylic acids is 2. The zero-order valence-electron chi connectivity index (χ0n) is 22.1. The molecule has 1 aliphatic carbocycles. The van der Waals surface area contributed by atoms with Crippen molar-refractivity contribution in [3.05, 3.63) is 64.8 Å². The lowest BCUT2D eigenvalue weighted by Gasteiger charge is -2.31. The van der Waals surface area contributed by atoms with Crippen LogP contribution in [0.1, 0.15) is 49.0 Å². The zero-order chi connectivity index (χ0) is 27.5. The van der Waals surface area contributed by atoms with Crippen LogP contribution in [0.4, 0.5) is 5.95 Å². The Labute approximate surface area is 233 Å². The summed E-state index contributed by atoms with van der Waals surface area (Å²) in [4.78, 5) is 37.2. The number of fused-ring (bicyclic) bond motifs is 1. The van der Waals surface area contributed by atoms with Crippen molar-refractivity contribution in [2.24, 2.45) is 5.92 Å². The Morgan fingerprint density at radius 1 is 1.23 bits per heavy atom. The first-order valence-corrected chi connectivity index (χ1v) is 13.8. The van der Waals surface area contributed by atoms with Gasteiger partial charge >= 0.3 is 0 Å². The standard InChI is InChI=1S/C29H34ClN5O4/c1-17(27(37)33-25(18(2)36)19-6-4-3-5-7-19)35-16-21-9-8-20(14-23(21)28(35)38)26-24(30)15-31-29(34-26)32-22-10-12-39-13-11-22/h3-6,8-9,14-15,17-19,22,25,36H,7,10-13,16H2,1-2H3,(H,33,37)(H,31,32,34)/t17-,18+,19?,25-/m1/s1. The fourth-order valence-corrected chi connectivity index (χ4v) is 5.53. The van der Waals surface area contributed by atoms with E-state index in [-0.39, 0.29) is 23.8 Å². The van der Waals surface area contributed by atoms with E-state index in [2.05, 4.69) is 20.6 Å². The van der Waals surface area contributed by atoms with Gasteiger partial charge in [-0.25, -0.2) is 9.97 Å². The van der Waals surface area contributed by atoms with Crippen molar-refractivity contribution in [3.8, 4) is 11.3 Å². The first-order chi connectivity index (χ1) is 18.8. The van der Waals surface area contributed by atoms with Crippen LogP contribution in [0.2, 0.25) is 5.02 Å². The molecule has 4 atom stereocenters. The van der Waals surface area contributed by atoms with Gasteiger partial charge in [-0.15, -0.1) is 0 Å². The Morgan fingerprint density at radius 3 is 2.74 bits per heavy atom. The molecule has 5 rings (SSSR count). The first kappa shape index (κ1) is 27.3. The van der Waals surface area contributed by atoms with Crippen molar-refractivity contribution in [1.29, 1.82) is 0 Å². The molecule has 206 valence electrons. The zero-order valence-corrected chi connectivity index (χ0v) is 22.9. The molecule has 3 N–H and O–H groups in total. The van der Waals surface area contributed by atoms with Crippen LogP contribution in [0.25, 0.3) is 11.3 Å². The number of rotatable bonds is 8. The van der Waals surface area contributed by atoms with E-state index in [1.807, 2.05) is 36.4 Å². The molecule has 1 aromatic heterocycles. The fraction of sp³-hybridized carbons (Fsp3) is 0.448. The highest BCUT2D eigenvalue weighted by atomic mass is 35.5. The summed E-state index contributed by atoms with van der Waals surface area (Å²) >= 11 is 6.47. The highest BCUT2D eigenvalue weighted by Gasteiger charge is 2.36. The second-order valence-electron chi connectivity index (χ2n) is 10.4. The number of nitrogens with zero attached hydrogens (tertiary/aromatic N) is 3. The average molecular weight is 552 g/mol. The predicted octanol–water partition coefficient (Wildman–Crippen LogP) is 3.73. The van der Waals surface area contributed by atoms with E-state index in [0.29, 0.717) is 47.6 Å². The molecule has 9 nitrogen and oxygen atoms in total. The monoisotopic (exact) mass is 551 g/mol. The molecule has 0 bridgehead atoms. The molecule has 3 heterocycles. The van der Waals surface area contributed by atoms with Gasteiger partial charge in [0.15, 0.2) is 0 Å². The van der Waals surface area contributed by atoms with E-state index >= 15 is 0 Å². The third kappa shape index (κ3) is 6.00. The number of aliphatic hydroxyl groups excluding tert-OH is 1. The third-order valence-electron chi connectivity index (χ3n) is 7.66. The molecule has 10 heteroatoms. The van der Waals surface area contributed by atoms with E-state index in [9.17, 15) is 14.7 Å². The molecule has 1 unspecified atom stereocenters. The summed E-state index contributed by atoms with van der Waals surface area (Å²) in [5.41, 5.74) is 2.60. The van der Waals surface area contributed by atoms with E-state index < -0.39 is 18.2 Å². The lowest BCUT2D eigenvalue weighted by Crippen LogP contribution is -2.53. The van der Waals surface area contributed by atoms with Crippen molar-refractivity contribution in [2.45, 2.75) is 63.9 Å². The minimum absolute atomic E-state index is 0.0105. The van der Waals surface area contributed by atoms with E-state index in [0.717, 1.165) is 24.8 Å². The second kappa shape index (κ2) is 11.9. The van der Waals surface area contributed by atoms with Gasteiger partial charge in [0.25, 0.3) is 5.91 Å². The topological polar surface area (TPSA) is 117 Å². The molecule has 0 saturated carbocycles. The summed E-state index contributed by atoms with van der Waals surface area (Å²) in [6, 6.07) is 4.63. The maximum Gasteiger partial charge on any atom is 0.255 e. The van der Waals surface area contributed by atoms with Gasteiger partial charge in [0.05, 0.1) is 29.1 Å². The van der Waals surface area contributed by atoms with Crippen molar-refractivity contribution in [2.75, 3.05) is 18.5 Å². The van der Waals surface area contributed by atoms with Gasteiger partial charge in [0.2, 0.25) is 11.9 Å². The number of aliphatic hydroxyl groups is 1. The number of allylic oxidation sites excluding steroid dienone is 3. The van der Waals surface area contributed by atoms with E-state index in [1.54, 1.807) is 31.0 Å². The molecule has 2 aromatic rings. The van der Waals surface area contributed by atoms with Gasteiger partial charge < -0.3 is 25.4 Å². The predicted molar refractivity (Wildman–Crippen MR) is 149 cm³/mol. The first-order valence-electron chi connectivity index (χ1n) is 13.4. The summed E-state index contributed by atoms with van der Waals surface area (Å²) in [7, 11) is 0. The smallest absolute Gasteiger partial charge is 0.255 e. The van der Waals surface area contributed by atoms with Crippen LogP contribution >= 0.6 is 11.6 Å². The number of anilines is 1. The highest BCUT2D eigenvalue weighted by Crippen LogP contribution is 2.32. The number of amides is 2. The minimum Gasteiger partial charge on any atom is -0.391 e. The molecule has 0 spiro atoms. The van der Waals surface area contributed by atoms with Gasteiger partial charge in [-0.1, -0.05) is 48.0 Å². The molecule has 0 radical (unpaired) electrons. The van der Waals surface area contributed by atoms with Crippen LogP contribution in [0.15, 0.2) is 48.7 Å². The number of benzene rings is 1. The lowest BCUT2D eigenvalue weighted by atomic mass is 9.89. The molecule has 2 amide bonds. The van der Waals surface area contributed by atoms with Crippen molar-refractivity contribution >= 4 is 29.4 Å². The number of hydrogen-bond acceptors (Lipinski definition) is 7. The van der Waals surface area contributed by atoms with Gasteiger partial charge in [0.1, 0.15) is 6.04 Å². The number of carbonyl (C=O) groups is 2. The number of nitrogens with one attached hydrogen (secondary N) is 2. The normalized spacial score (nSPS) is 21.4. The summed E-state index contributed by atoms with van der Waals surface area (Å²) in [6.07, 6.45) is 11.2. The van der Waals surface area contributed by atoms with Gasteiger partial charge in [-0.3, -0.25) is 9.59 Å². The molecule has 2 aliphatic heterocycles. The second-order valence-corrected chi connectivity index (χ2v) is 10.8. The summed E-state index contributed by atoms with van der Waals surface area (Å²) in [5, 5.41) is 17.1. The highest BCUT2D eigenvalue weighted by molar-refractivity contribution is 6.33. The van der Waals surface area contributed by atoms with Gasteiger partial charge in [-0.2, -0.15) is 0 Å². The van der Waals surface area contributed by atoms with Crippen molar-refractivity contribution < 1.29 is 19.4 Å². The largest absolute Gasteiger partial charge is 0.391 e. The van der Waals surface area contributed by atoms with Crippen molar-refractivity contribution in [1.82, 2.24) is 20.2 Å². The van der Waals surface area contributed by atoms with Crippen LogP contribution in [-0.2, 0) is 16.1 Å². The molecule has 39 heavy (non-hydrogen) atoms. The summed E-state index contributed by atoms with van der Waals surface area (Å²) in [5.74, 6) is -0.0538. The quantitative estimate of drug-likeness (QED) is 0.457. The third-order valence-corrected chi connectivity index (χ3v) is 7.94. The maximum absolute atomic E-state index is 13.4. The number of aromatic nitrogens is 2. The number of ether oxygens (including phenoxy) is 1. The maximum atomic E-state index is 13.4. The molecule has 1 saturated heterocycles. The van der Waals surface area contributed by atoms with Crippen LogP contribution in [0, 0.1) is 5.92 Å². The van der Waals surface area contributed by atoms with E-state index in [1.165, 1.54) is 0 Å². The molecular weight excluding hydrogens is 518 g/mol. The molecule has 3 aliphatic rings. The fourth-order valence-electron chi connectivity index (χ4n) is 5.32. The van der Waals surface area contributed by atoms with Gasteiger partial charge in [0, 0.05) is 42.8 Å². The Kier molecular flexibility index (Phi) is 8.30. The number of hydrogen-bond donors (Lipinski definition) is 3. The number of halogens is 1. The molecule has 1 aromatic carbocycles. The minimum atomic E-state index is -0.736. The Hall–Kier alpha value is -3.27. The van der Waals surface area contributed by atoms with Crippen LogP contribution < -0.4 is 10.6 Å². The Bertz CT molecular complexity index is 1290. The molecule has 1 fully saturated rings. The Balaban J connectivity index is 1.30. The Morgan fingerprint density at radius 2 is 2.03 bits per heavy atom. The average Bonchev–Trinajstić information content (AvgIpc) is 3.28. The lowest BCUT2D eigenvalue weighted by molar-refractivity contribution is -0.127. The van der Waals surface area contributed by atoms with Crippen LogP contribution in [0.3, 0.4) is 0 Å². The van der Waals surface area contributed by atoms with Crippen LogP contribution in [0.5, 0.6) is 0 Å². The van der Waals surface area contributed by atoms with Gasteiger partial charge in [-0.05, 0) is 44.7 Å². The molecular formula is C29H34ClN5O4. The van der Waals surface area contributed by atoms with Crippen LogP contribution in [-0.4, -0.2) is 69.2 Å². The van der Waals surface area contributed by atoms with E-state index in [4.69, 9.17) is 16.3 Å². The summed E-state index contributed by atoms with van der Waals surface area (Å²) in [6.45, 7) is 5.11. The SMILES string of the molecule is C[C@H](O)[C@@H](NC(=O)[C@@H](C)N1Cc2ccc(-c3nc(NC4CCOCC4)ncc3Cl)cc2C1=O)C1C=CC=CC1. The summed E-state index contributed by atoms with van der Waals surface area (Å²) < 4.78 is 5.42.